The molecule has 0 spiro atoms. The number of rotatable bonds is 15. The first-order valence-electron chi connectivity index (χ1n) is 13.1. The second-order valence-corrected chi connectivity index (χ2v) is 60.3. The number of hydrogen-bond acceptors (Lipinski definition) is 6. The topological polar surface area (TPSA) is 55.4 Å². The molecule has 0 unspecified atom stereocenters. The van der Waals surface area contributed by atoms with Crippen LogP contribution in [-0.2, 0) is 12.5 Å². The molecule has 198 valence electrons. The van der Waals surface area contributed by atoms with Crippen LogP contribution >= 0.6 is 0 Å². The summed E-state index contributed by atoms with van der Waals surface area (Å²) in [5.74, 6) is 0. The van der Waals surface area contributed by atoms with E-state index < -0.39 is 83.8 Å². The van der Waals surface area contributed by atoms with E-state index in [4.69, 9.17) is 12.5 Å². The van der Waals surface area contributed by atoms with Crippen molar-refractivity contribution in [2.45, 2.75) is 132 Å². The van der Waals surface area contributed by atoms with Crippen molar-refractivity contribution >= 4 is 83.8 Å². The second-order valence-electron chi connectivity index (χ2n) is 12.3. The summed E-state index contributed by atoms with van der Waals surface area (Å²) in [6.45, 7) is 27.1. The summed E-state index contributed by atoms with van der Waals surface area (Å²) in [6.07, 6.45) is 6.56. The maximum atomic E-state index is 7.26. The second kappa shape index (κ2) is 13.7. The van der Waals surface area contributed by atoms with Crippen molar-refractivity contribution in [1.29, 1.82) is 0 Å². The summed E-state index contributed by atoms with van der Waals surface area (Å²) < 4.78 is 45.8. The van der Waals surface area contributed by atoms with Gasteiger partial charge in [0, 0.05) is 0 Å². The standard InChI is InChI=1S/3C4H9.3C3H9OSi.3O.3Sn/c3*1-3-4-2;3*1-5(2,3)4;;;;;;/h3*1,3-4H2,2H3;3*1-3H3;;;;;;/q;;;3*-1;;;;3*+1. The fourth-order valence-corrected chi connectivity index (χ4v) is 121. The van der Waals surface area contributed by atoms with Crippen molar-refractivity contribution in [1.82, 2.24) is 0 Å². The quantitative estimate of drug-likeness (QED) is 0.157. The predicted octanol–water partition coefficient (Wildman–Crippen LogP) is 7.82. The zero-order valence-electron chi connectivity index (χ0n) is 23.8. The van der Waals surface area contributed by atoms with E-state index in [0.717, 1.165) is 51.8 Å². The summed E-state index contributed by atoms with van der Waals surface area (Å²) >= 11 is -11.9. The van der Waals surface area contributed by atoms with Crippen LogP contribution < -0.4 is 0 Å². The van der Waals surface area contributed by atoms with E-state index >= 15 is 0 Å². The molecule has 6 nitrogen and oxygen atoms in total. The SMILES string of the molecule is CCC[CH2][Sn]1([O][Si](C)(C)C)[O][Sn]([CH2]CCC)([O][Si](C)(C)C)[O][Sn]([CH2]CCC)([O][Si](C)(C)C)[O]1. The normalized spacial score (nSPS) is 29.5. The van der Waals surface area contributed by atoms with E-state index in [2.05, 4.69) is 79.7 Å². The first-order valence-corrected chi connectivity index (χ1v) is 39.9. The Bertz CT molecular complexity index is 506. The minimum atomic E-state index is -3.98. The van der Waals surface area contributed by atoms with Gasteiger partial charge in [0.2, 0.25) is 0 Å². The van der Waals surface area contributed by atoms with E-state index in [1.54, 1.807) is 0 Å². The van der Waals surface area contributed by atoms with Gasteiger partial charge in [-0.1, -0.05) is 0 Å². The van der Waals surface area contributed by atoms with Crippen LogP contribution in [-0.4, -0.2) is 83.8 Å². The van der Waals surface area contributed by atoms with E-state index in [1.165, 1.54) is 0 Å². The Labute approximate surface area is 225 Å². The summed E-state index contributed by atoms with van der Waals surface area (Å²) in [5, 5.41) is 0. The van der Waals surface area contributed by atoms with Gasteiger partial charge in [0.15, 0.2) is 0 Å². The molecule has 1 aliphatic rings. The third-order valence-electron chi connectivity index (χ3n) is 4.83. The average molecular weight is 843 g/mol. The van der Waals surface area contributed by atoms with Crippen LogP contribution in [0.1, 0.15) is 59.3 Å². The molecular weight excluding hydrogens is 789 g/mol. The van der Waals surface area contributed by atoms with E-state index in [9.17, 15) is 0 Å². The van der Waals surface area contributed by atoms with E-state index in [1.807, 2.05) is 0 Å². The van der Waals surface area contributed by atoms with Gasteiger partial charge in [-0.25, -0.2) is 0 Å². The molecule has 1 aliphatic heterocycles. The van der Waals surface area contributed by atoms with Gasteiger partial charge in [0.1, 0.15) is 0 Å². The Kier molecular flexibility index (Phi) is 14.1. The van der Waals surface area contributed by atoms with Crippen molar-refractivity contribution < 1.29 is 12.5 Å². The Morgan fingerprint density at radius 1 is 0.455 bits per heavy atom. The van der Waals surface area contributed by atoms with Crippen LogP contribution in [0.25, 0.3) is 0 Å². The minimum absolute atomic E-state index is 0.929. The molecule has 0 aromatic rings. The summed E-state index contributed by atoms with van der Waals surface area (Å²) in [7, 11) is -5.72. The Hall–Kier alpha value is 2.81. The van der Waals surface area contributed by atoms with Gasteiger partial charge in [0.25, 0.3) is 0 Å². The van der Waals surface area contributed by atoms with Crippen LogP contribution in [0.15, 0.2) is 0 Å². The third-order valence-corrected chi connectivity index (χ3v) is 80.6. The Balaban J connectivity index is 3.71. The van der Waals surface area contributed by atoms with Crippen molar-refractivity contribution in [3.05, 3.63) is 0 Å². The molecule has 1 saturated heterocycles. The molecule has 33 heavy (non-hydrogen) atoms. The predicted molar refractivity (Wildman–Crippen MR) is 153 cm³/mol. The molecule has 0 N–H and O–H groups in total. The molecule has 0 aromatic heterocycles. The molecular formula is C21H54O6Si3Sn3. The Morgan fingerprint density at radius 3 is 0.818 bits per heavy atom. The van der Waals surface area contributed by atoms with Crippen molar-refractivity contribution in [3.63, 3.8) is 0 Å². The van der Waals surface area contributed by atoms with Gasteiger partial charge in [0.05, 0.1) is 0 Å². The molecule has 0 aromatic carbocycles. The van der Waals surface area contributed by atoms with Crippen molar-refractivity contribution in [2.75, 3.05) is 0 Å². The molecule has 0 bridgehead atoms. The number of hydrogen-bond donors (Lipinski definition) is 0. The third kappa shape index (κ3) is 12.9. The molecule has 1 fully saturated rings. The molecule has 0 aliphatic carbocycles. The van der Waals surface area contributed by atoms with Gasteiger partial charge in [-0.15, -0.1) is 0 Å². The summed E-state index contributed by atoms with van der Waals surface area (Å²) in [5.41, 5.74) is 0. The molecule has 0 amide bonds. The fraction of sp³-hybridized carbons (Fsp3) is 1.00. The van der Waals surface area contributed by atoms with Crippen LogP contribution in [0.5, 0.6) is 0 Å². The maximum absolute atomic E-state index is 7.26. The monoisotopic (exact) mass is 846 g/mol. The van der Waals surface area contributed by atoms with Gasteiger partial charge >= 0.3 is 228 Å². The Morgan fingerprint density at radius 2 is 0.667 bits per heavy atom. The van der Waals surface area contributed by atoms with Crippen molar-refractivity contribution in [2.24, 2.45) is 0 Å². The van der Waals surface area contributed by atoms with Gasteiger partial charge in [-0.3, -0.25) is 0 Å². The molecule has 1 rings (SSSR count). The molecule has 12 heteroatoms. The first-order chi connectivity index (χ1) is 14.9. The fourth-order valence-electron chi connectivity index (χ4n) is 3.94. The summed E-state index contributed by atoms with van der Waals surface area (Å²) in [6, 6.07) is 0. The molecule has 0 atom stereocenters. The summed E-state index contributed by atoms with van der Waals surface area (Å²) in [4.78, 5) is 0. The zero-order valence-corrected chi connectivity index (χ0v) is 35.4. The first kappa shape index (κ1) is 33.8. The van der Waals surface area contributed by atoms with Crippen LogP contribution in [0.4, 0.5) is 0 Å². The van der Waals surface area contributed by atoms with Crippen molar-refractivity contribution in [3.8, 4) is 0 Å². The molecule has 0 saturated carbocycles. The van der Waals surface area contributed by atoms with Gasteiger partial charge < -0.3 is 0 Å². The van der Waals surface area contributed by atoms with E-state index in [0.29, 0.717) is 0 Å². The zero-order chi connectivity index (χ0) is 25.6. The molecule has 0 radical (unpaired) electrons. The van der Waals surface area contributed by atoms with Crippen LogP contribution in [0.2, 0.25) is 72.2 Å². The molecule has 1 heterocycles. The number of unbranched alkanes of at least 4 members (excludes halogenated alkanes) is 3. The van der Waals surface area contributed by atoms with E-state index in [-0.39, 0.29) is 0 Å². The van der Waals surface area contributed by atoms with Crippen LogP contribution in [0.3, 0.4) is 0 Å². The average Bonchev–Trinajstić information content (AvgIpc) is 2.58. The van der Waals surface area contributed by atoms with Gasteiger partial charge in [-0.05, 0) is 0 Å². The van der Waals surface area contributed by atoms with Gasteiger partial charge in [-0.2, -0.15) is 0 Å². The van der Waals surface area contributed by atoms with Crippen LogP contribution in [0, 0.1) is 0 Å².